The molecule has 1 aliphatic rings. The van der Waals surface area contributed by atoms with E-state index in [9.17, 15) is 4.79 Å². The number of nitrogens with one attached hydrogen (secondary N) is 2. The largest absolute Gasteiger partial charge is 0.354 e. The third kappa shape index (κ3) is 5.91. The van der Waals surface area contributed by atoms with Gasteiger partial charge in [0.25, 0.3) is 0 Å². The normalized spacial score (nSPS) is 20.1. The van der Waals surface area contributed by atoms with Gasteiger partial charge in [-0.3, -0.25) is 4.79 Å². The second-order valence-electron chi connectivity index (χ2n) is 4.83. The molecule has 1 aliphatic carbocycles. The summed E-state index contributed by atoms with van der Waals surface area (Å²) in [6.07, 6.45) is 8.78. The minimum absolute atomic E-state index is 0.144. The van der Waals surface area contributed by atoms with E-state index >= 15 is 0 Å². The van der Waals surface area contributed by atoms with Gasteiger partial charge >= 0.3 is 0 Å². The van der Waals surface area contributed by atoms with Gasteiger partial charge in [0, 0.05) is 19.0 Å². The summed E-state index contributed by atoms with van der Waals surface area (Å²) in [5.41, 5.74) is 0. The summed E-state index contributed by atoms with van der Waals surface area (Å²) in [6, 6.07) is 0.246. The minimum Gasteiger partial charge on any atom is -0.354 e. The van der Waals surface area contributed by atoms with Crippen LogP contribution >= 0.6 is 0 Å². The molecule has 0 saturated heterocycles. The number of amides is 1. The van der Waals surface area contributed by atoms with Crippen LogP contribution in [0.5, 0.6) is 0 Å². The van der Waals surface area contributed by atoms with Gasteiger partial charge in [0.15, 0.2) is 0 Å². The van der Waals surface area contributed by atoms with Crippen LogP contribution in [0.2, 0.25) is 0 Å². The third-order valence-electron chi connectivity index (χ3n) is 2.79. The Morgan fingerprint density at radius 3 is 2.88 bits per heavy atom. The molecule has 1 unspecified atom stereocenters. The fourth-order valence-electron chi connectivity index (χ4n) is 1.94. The molecule has 1 rings (SSSR count). The van der Waals surface area contributed by atoms with Gasteiger partial charge in [-0.05, 0) is 45.6 Å². The summed E-state index contributed by atoms with van der Waals surface area (Å²) < 4.78 is 0. The molecule has 0 fully saturated rings. The highest BCUT2D eigenvalue weighted by Crippen LogP contribution is 2.16. The van der Waals surface area contributed by atoms with E-state index in [1.54, 1.807) is 0 Å². The SMILES string of the molecule is CC(C)NC(=O)CCNCC1CC=CCC1. The van der Waals surface area contributed by atoms with Gasteiger partial charge in [0.05, 0.1) is 0 Å². The van der Waals surface area contributed by atoms with Crippen LogP contribution in [0.15, 0.2) is 12.2 Å². The Kier molecular flexibility index (Phi) is 6.16. The smallest absolute Gasteiger partial charge is 0.221 e. The Labute approximate surface area is 98.7 Å². The van der Waals surface area contributed by atoms with E-state index in [-0.39, 0.29) is 11.9 Å². The Morgan fingerprint density at radius 2 is 2.25 bits per heavy atom. The van der Waals surface area contributed by atoms with E-state index in [2.05, 4.69) is 22.8 Å². The molecule has 0 aliphatic heterocycles. The lowest BCUT2D eigenvalue weighted by molar-refractivity contribution is -0.121. The van der Waals surface area contributed by atoms with Crippen LogP contribution in [0.4, 0.5) is 0 Å². The Balaban J connectivity index is 1.99. The van der Waals surface area contributed by atoms with Crippen molar-refractivity contribution in [1.82, 2.24) is 10.6 Å². The van der Waals surface area contributed by atoms with E-state index in [1.165, 1.54) is 19.3 Å². The molecule has 0 spiro atoms. The zero-order valence-corrected chi connectivity index (χ0v) is 10.5. The van der Waals surface area contributed by atoms with E-state index in [0.717, 1.165) is 19.0 Å². The fraction of sp³-hybridized carbons (Fsp3) is 0.769. The fourth-order valence-corrected chi connectivity index (χ4v) is 1.94. The number of hydrogen-bond acceptors (Lipinski definition) is 2. The average molecular weight is 224 g/mol. The van der Waals surface area contributed by atoms with Crippen LogP contribution in [0, 0.1) is 5.92 Å². The van der Waals surface area contributed by atoms with Crippen molar-refractivity contribution in [3.63, 3.8) is 0 Å². The van der Waals surface area contributed by atoms with Crippen LogP contribution < -0.4 is 10.6 Å². The zero-order chi connectivity index (χ0) is 11.8. The van der Waals surface area contributed by atoms with Crippen molar-refractivity contribution in [3.05, 3.63) is 12.2 Å². The van der Waals surface area contributed by atoms with Gasteiger partial charge in [0.1, 0.15) is 0 Å². The van der Waals surface area contributed by atoms with E-state index in [4.69, 9.17) is 0 Å². The van der Waals surface area contributed by atoms with Gasteiger partial charge < -0.3 is 10.6 Å². The van der Waals surface area contributed by atoms with E-state index < -0.39 is 0 Å². The maximum absolute atomic E-state index is 11.3. The number of carbonyl (C=O) groups excluding carboxylic acids is 1. The molecule has 1 atom stereocenters. The Bertz CT molecular complexity index is 236. The summed E-state index contributed by atoms with van der Waals surface area (Å²) >= 11 is 0. The third-order valence-corrected chi connectivity index (χ3v) is 2.79. The summed E-state index contributed by atoms with van der Waals surface area (Å²) in [4.78, 5) is 11.3. The highest BCUT2D eigenvalue weighted by Gasteiger charge is 2.09. The van der Waals surface area contributed by atoms with E-state index in [1.807, 2.05) is 13.8 Å². The van der Waals surface area contributed by atoms with Crippen molar-refractivity contribution in [2.24, 2.45) is 5.92 Å². The summed E-state index contributed by atoms with van der Waals surface area (Å²) in [5.74, 6) is 0.907. The highest BCUT2D eigenvalue weighted by molar-refractivity contribution is 5.76. The van der Waals surface area contributed by atoms with E-state index in [0.29, 0.717) is 6.42 Å². The molecule has 1 amide bonds. The quantitative estimate of drug-likeness (QED) is 0.534. The average Bonchev–Trinajstić information content (AvgIpc) is 2.25. The second-order valence-corrected chi connectivity index (χ2v) is 4.83. The van der Waals surface area contributed by atoms with Crippen LogP contribution in [-0.2, 0) is 4.79 Å². The number of hydrogen-bond donors (Lipinski definition) is 2. The molecule has 0 radical (unpaired) electrons. The molecule has 0 aromatic heterocycles. The molecule has 2 N–H and O–H groups in total. The predicted molar refractivity (Wildman–Crippen MR) is 67.2 cm³/mol. The van der Waals surface area contributed by atoms with Crippen LogP contribution in [0.25, 0.3) is 0 Å². The van der Waals surface area contributed by atoms with Gasteiger partial charge in [0.2, 0.25) is 5.91 Å². The van der Waals surface area contributed by atoms with Crippen molar-refractivity contribution in [1.29, 1.82) is 0 Å². The first kappa shape index (κ1) is 13.2. The van der Waals surface area contributed by atoms with Crippen molar-refractivity contribution in [2.45, 2.75) is 45.6 Å². The van der Waals surface area contributed by atoms with Gasteiger partial charge in [-0.1, -0.05) is 12.2 Å². The predicted octanol–water partition coefficient (Wildman–Crippen LogP) is 1.85. The number of allylic oxidation sites excluding steroid dienone is 2. The standard InChI is InChI=1S/C13H24N2O/c1-11(2)15-13(16)8-9-14-10-12-6-4-3-5-7-12/h3-4,11-12,14H,5-10H2,1-2H3,(H,15,16). The monoisotopic (exact) mass is 224 g/mol. The molecular formula is C13H24N2O. The van der Waals surface area contributed by atoms with Crippen LogP contribution in [0.1, 0.15) is 39.5 Å². The molecule has 92 valence electrons. The van der Waals surface area contributed by atoms with Crippen molar-refractivity contribution < 1.29 is 4.79 Å². The van der Waals surface area contributed by atoms with Gasteiger partial charge in [-0.15, -0.1) is 0 Å². The first-order valence-electron chi connectivity index (χ1n) is 6.33. The van der Waals surface area contributed by atoms with Gasteiger partial charge in [-0.25, -0.2) is 0 Å². The number of rotatable bonds is 6. The molecular weight excluding hydrogens is 200 g/mol. The Morgan fingerprint density at radius 1 is 1.44 bits per heavy atom. The lowest BCUT2D eigenvalue weighted by Gasteiger charge is -2.18. The summed E-state index contributed by atoms with van der Waals surface area (Å²) in [7, 11) is 0. The number of carbonyl (C=O) groups is 1. The maximum Gasteiger partial charge on any atom is 0.221 e. The molecule has 0 aromatic carbocycles. The Hall–Kier alpha value is -0.830. The molecule has 16 heavy (non-hydrogen) atoms. The van der Waals surface area contributed by atoms with Crippen molar-refractivity contribution in [2.75, 3.05) is 13.1 Å². The van der Waals surface area contributed by atoms with Crippen molar-refractivity contribution >= 4 is 5.91 Å². The van der Waals surface area contributed by atoms with Crippen molar-refractivity contribution in [3.8, 4) is 0 Å². The first-order valence-corrected chi connectivity index (χ1v) is 6.33. The lowest BCUT2D eigenvalue weighted by Crippen LogP contribution is -2.33. The summed E-state index contributed by atoms with van der Waals surface area (Å²) in [6.45, 7) is 5.80. The zero-order valence-electron chi connectivity index (χ0n) is 10.5. The second kappa shape index (κ2) is 7.44. The van der Waals surface area contributed by atoms with Crippen LogP contribution in [0.3, 0.4) is 0 Å². The maximum atomic E-state index is 11.3. The highest BCUT2D eigenvalue weighted by atomic mass is 16.1. The molecule has 3 nitrogen and oxygen atoms in total. The molecule has 0 heterocycles. The summed E-state index contributed by atoms with van der Waals surface area (Å²) in [5, 5.41) is 6.26. The molecule has 0 aromatic rings. The molecule has 0 bridgehead atoms. The van der Waals surface area contributed by atoms with Gasteiger partial charge in [-0.2, -0.15) is 0 Å². The molecule has 3 heteroatoms. The lowest BCUT2D eigenvalue weighted by atomic mass is 9.94. The molecule has 0 saturated carbocycles. The topological polar surface area (TPSA) is 41.1 Å². The minimum atomic E-state index is 0.144. The van der Waals surface area contributed by atoms with Crippen LogP contribution in [-0.4, -0.2) is 25.0 Å². The first-order chi connectivity index (χ1) is 7.68.